The molecular weight excluding hydrogens is 405 g/mol. The zero-order valence-electron chi connectivity index (χ0n) is 13.8. The summed E-state index contributed by atoms with van der Waals surface area (Å²) in [4.78, 5) is 14.0. The van der Waals surface area contributed by atoms with Gasteiger partial charge in [0.15, 0.2) is 0 Å². The van der Waals surface area contributed by atoms with Crippen molar-refractivity contribution < 1.29 is 13.2 Å². The molecule has 1 aliphatic carbocycles. The number of rotatable bonds is 6. The van der Waals surface area contributed by atoms with Crippen molar-refractivity contribution in [2.24, 2.45) is 5.92 Å². The first-order valence-electron chi connectivity index (χ1n) is 8.21. The summed E-state index contributed by atoms with van der Waals surface area (Å²) in [5.74, 6) is 0.786. The summed E-state index contributed by atoms with van der Waals surface area (Å²) in [6, 6.07) is 3.14. The highest BCUT2D eigenvalue weighted by Gasteiger charge is 2.29. The fourth-order valence-corrected chi connectivity index (χ4v) is 5.87. The minimum absolute atomic E-state index is 0. The lowest BCUT2D eigenvalue weighted by atomic mass is 10.3. The first-order chi connectivity index (χ1) is 11.5. The van der Waals surface area contributed by atoms with Crippen molar-refractivity contribution in [1.29, 1.82) is 0 Å². The monoisotopic (exact) mass is 427 g/mol. The van der Waals surface area contributed by atoms with E-state index in [-0.39, 0.29) is 22.5 Å². The van der Waals surface area contributed by atoms with Crippen molar-refractivity contribution in [2.75, 3.05) is 39.3 Å². The SMILES string of the molecule is Cl.O=C(CNCC1CC1)N1CCCN(S(=O)(=O)c2ccc(Cl)s2)CC1. The van der Waals surface area contributed by atoms with Crippen LogP contribution in [0.4, 0.5) is 0 Å². The maximum Gasteiger partial charge on any atom is 0.252 e. The third-order valence-corrected chi connectivity index (χ3v) is 7.95. The summed E-state index contributed by atoms with van der Waals surface area (Å²) in [6.45, 7) is 3.02. The van der Waals surface area contributed by atoms with Crippen molar-refractivity contribution in [1.82, 2.24) is 14.5 Å². The normalized spacial score (nSPS) is 19.3. The topological polar surface area (TPSA) is 69.7 Å². The van der Waals surface area contributed by atoms with Crippen molar-refractivity contribution in [3.63, 3.8) is 0 Å². The van der Waals surface area contributed by atoms with E-state index in [1.54, 1.807) is 11.0 Å². The smallest absolute Gasteiger partial charge is 0.252 e. The van der Waals surface area contributed by atoms with Crippen LogP contribution in [-0.2, 0) is 14.8 Å². The number of hydrogen-bond donors (Lipinski definition) is 1. The van der Waals surface area contributed by atoms with Gasteiger partial charge in [-0.3, -0.25) is 4.79 Å². The van der Waals surface area contributed by atoms with E-state index in [0.29, 0.717) is 43.5 Å². The van der Waals surface area contributed by atoms with E-state index >= 15 is 0 Å². The van der Waals surface area contributed by atoms with Gasteiger partial charge in [0.2, 0.25) is 5.91 Å². The lowest BCUT2D eigenvalue weighted by molar-refractivity contribution is -0.130. The molecule has 0 radical (unpaired) electrons. The molecule has 0 aromatic carbocycles. The molecule has 1 aromatic rings. The molecule has 2 fully saturated rings. The van der Waals surface area contributed by atoms with Crippen molar-refractivity contribution >= 4 is 51.3 Å². The van der Waals surface area contributed by atoms with Gasteiger partial charge in [-0.15, -0.1) is 23.7 Å². The first-order valence-corrected chi connectivity index (χ1v) is 10.8. The average molecular weight is 428 g/mol. The van der Waals surface area contributed by atoms with Gasteiger partial charge in [0.05, 0.1) is 10.9 Å². The summed E-state index contributed by atoms with van der Waals surface area (Å²) >= 11 is 6.92. The van der Waals surface area contributed by atoms with Gasteiger partial charge in [-0.1, -0.05) is 11.6 Å². The van der Waals surface area contributed by atoms with Crippen LogP contribution in [0.5, 0.6) is 0 Å². The standard InChI is InChI=1S/C15H22ClN3O3S2.ClH/c16-13-4-5-15(23-13)24(21,22)19-7-1-6-18(8-9-19)14(20)11-17-10-12-2-3-12;/h4-5,12,17H,1-3,6-11H2;1H. The lowest BCUT2D eigenvalue weighted by Gasteiger charge is -2.21. The van der Waals surface area contributed by atoms with Crippen LogP contribution in [0.3, 0.4) is 0 Å². The van der Waals surface area contributed by atoms with Gasteiger partial charge in [0.1, 0.15) is 4.21 Å². The number of sulfonamides is 1. The second-order valence-corrected chi connectivity index (χ2v) is 10.2. The number of nitrogens with zero attached hydrogens (tertiary/aromatic N) is 2. The molecule has 1 aliphatic heterocycles. The third kappa shape index (κ3) is 5.55. The molecule has 2 heterocycles. The van der Waals surface area contributed by atoms with Crippen molar-refractivity contribution in [3.05, 3.63) is 16.5 Å². The van der Waals surface area contributed by atoms with Gasteiger partial charge in [-0.2, -0.15) is 4.31 Å². The number of thiophene rings is 1. The van der Waals surface area contributed by atoms with Crippen LogP contribution < -0.4 is 5.32 Å². The van der Waals surface area contributed by atoms with E-state index < -0.39 is 10.0 Å². The Bertz CT molecular complexity index is 692. The minimum atomic E-state index is -3.52. The number of carbonyl (C=O) groups is 1. The zero-order valence-corrected chi connectivity index (χ0v) is 17.0. The Labute approximate surface area is 164 Å². The van der Waals surface area contributed by atoms with E-state index in [1.165, 1.54) is 23.2 Å². The third-order valence-electron chi connectivity index (χ3n) is 4.36. The van der Waals surface area contributed by atoms with E-state index in [9.17, 15) is 13.2 Å². The molecule has 1 saturated heterocycles. The lowest BCUT2D eigenvalue weighted by Crippen LogP contribution is -2.41. The van der Waals surface area contributed by atoms with Gasteiger partial charge < -0.3 is 10.2 Å². The highest BCUT2D eigenvalue weighted by atomic mass is 35.5. The molecular formula is C15H23Cl2N3O3S2. The summed E-state index contributed by atoms with van der Waals surface area (Å²) < 4.78 is 27.5. The summed E-state index contributed by atoms with van der Waals surface area (Å²) in [7, 11) is -3.52. The molecule has 0 atom stereocenters. The summed E-state index contributed by atoms with van der Waals surface area (Å²) in [5, 5.41) is 3.20. The second-order valence-electron chi connectivity index (χ2n) is 6.27. The Balaban J connectivity index is 0.00000225. The highest BCUT2D eigenvalue weighted by Crippen LogP contribution is 2.29. The molecule has 1 aromatic heterocycles. The minimum Gasteiger partial charge on any atom is -0.340 e. The largest absolute Gasteiger partial charge is 0.340 e. The fraction of sp³-hybridized carbons (Fsp3) is 0.667. The van der Waals surface area contributed by atoms with Crippen molar-refractivity contribution in [2.45, 2.75) is 23.5 Å². The fourth-order valence-electron chi connectivity index (χ4n) is 2.76. The summed E-state index contributed by atoms with van der Waals surface area (Å²) in [5.41, 5.74) is 0. The Morgan fingerprint density at radius 3 is 2.64 bits per heavy atom. The molecule has 1 amide bonds. The molecule has 6 nitrogen and oxygen atoms in total. The highest BCUT2D eigenvalue weighted by molar-refractivity contribution is 7.91. The van der Waals surface area contributed by atoms with Gasteiger partial charge in [0, 0.05) is 26.2 Å². The van der Waals surface area contributed by atoms with Gasteiger partial charge in [-0.25, -0.2) is 8.42 Å². The number of hydrogen-bond acceptors (Lipinski definition) is 5. The molecule has 10 heteroatoms. The van der Waals surface area contributed by atoms with Gasteiger partial charge >= 0.3 is 0 Å². The molecule has 25 heavy (non-hydrogen) atoms. The van der Waals surface area contributed by atoms with E-state index in [0.717, 1.165) is 23.8 Å². The zero-order chi connectivity index (χ0) is 17.2. The molecule has 1 N–H and O–H groups in total. The Morgan fingerprint density at radius 2 is 2.00 bits per heavy atom. The van der Waals surface area contributed by atoms with Crippen LogP contribution in [0, 0.1) is 5.92 Å². The number of nitrogens with one attached hydrogen (secondary N) is 1. The molecule has 3 rings (SSSR count). The van der Waals surface area contributed by atoms with Crippen LogP contribution in [0.2, 0.25) is 4.34 Å². The second kappa shape index (κ2) is 9.01. The average Bonchev–Trinajstić information content (AvgIpc) is 3.30. The van der Waals surface area contributed by atoms with E-state index in [1.807, 2.05) is 0 Å². The molecule has 2 aliphatic rings. The molecule has 1 saturated carbocycles. The van der Waals surface area contributed by atoms with Gasteiger partial charge in [0.25, 0.3) is 10.0 Å². The maximum atomic E-state index is 12.6. The van der Waals surface area contributed by atoms with E-state index in [2.05, 4.69) is 5.32 Å². The molecule has 0 spiro atoms. The van der Waals surface area contributed by atoms with Crippen LogP contribution >= 0.6 is 35.3 Å². The molecule has 142 valence electrons. The van der Waals surface area contributed by atoms with Crippen LogP contribution in [0.25, 0.3) is 0 Å². The number of amides is 1. The Kier molecular flexibility index (Phi) is 7.54. The van der Waals surface area contributed by atoms with Crippen LogP contribution in [0.15, 0.2) is 16.3 Å². The predicted octanol–water partition coefficient (Wildman–Crippen LogP) is 2.05. The Hall–Kier alpha value is -0.380. The van der Waals surface area contributed by atoms with Crippen LogP contribution in [0.1, 0.15) is 19.3 Å². The predicted molar refractivity (Wildman–Crippen MR) is 102 cm³/mol. The van der Waals surface area contributed by atoms with E-state index in [4.69, 9.17) is 11.6 Å². The molecule has 0 unspecified atom stereocenters. The first kappa shape index (κ1) is 20.9. The quantitative estimate of drug-likeness (QED) is 0.753. The summed E-state index contributed by atoms with van der Waals surface area (Å²) in [6.07, 6.45) is 3.15. The number of carbonyl (C=O) groups excluding carboxylic acids is 1. The number of halogens is 2. The maximum absolute atomic E-state index is 12.6. The van der Waals surface area contributed by atoms with Gasteiger partial charge in [-0.05, 0) is 43.9 Å². The molecule has 0 bridgehead atoms. The Morgan fingerprint density at radius 1 is 1.24 bits per heavy atom. The van der Waals surface area contributed by atoms with Crippen LogP contribution in [-0.4, -0.2) is 62.8 Å². The van der Waals surface area contributed by atoms with Crippen molar-refractivity contribution in [3.8, 4) is 0 Å².